The highest BCUT2D eigenvalue weighted by Gasteiger charge is 2.29. The van der Waals surface area contributed by atoms with Crippen molar-refractivity contribution in [3.63, 3.8) is 0 Å². The Bertz CT molecular complexity index is 665. The fourth-order valence-electron chi connectivity index (χ4n) is 4.00. The van der Waals surface area contributed by atoms with Gasteiger partial charge in [0, 0.05) is 22.3 Å². The van der Waals surface area contributed by atoms with E-state index in [-0.39, 0.29) is 11.9 Å². The maximum Gasteiger partial charge on any atom is 0.341 e. The van der Waals surface area contributed by atoms with Crippen molar-refractivity contribution in [2.45, 2.75) is 76.9 Å². The van der Waals surface area contributed by atoms with Crippen molar-refractivity contribution < 1.29 is 14.3 Å². The highest BCUT2D eigenvalue weighted by atomic mass is 32.2. The molecule has 1 aromatic heterocycles. The number of hydrogen-bond donors (Lipinski definition) is 1. The third-order valence-electron chi connectivity index (χ3n) is 5.48. The van der Waals surface area contributed by atoms with Gasteiger partial charge in [-0.3, -0.25) is 4.79 Å². The molecule has 150 valence electrons. The van der Waals surface area contributed by atoms with Gasteiger partial charge in [-0.2, -0.15) is 11.8 Å². The van der Waals surface area contributed by atoms with Crippen LogP contribution < -0.4 is 5.32 Å². The molecule has 0 aliphatic heterocycles. The van der Waals surface area contributed by atoms with Gasteiger partial charge in [-0.25, -0.2) is 4.79 Å². The Morgan fingerprint density at radius 1 is 1.22 bits per heavy atom. The lowest BCUT2D eigenvalue weighted by molar-refractivity contribution is -0.115. The van der Waals surface area contributed by atoms with Gasteiger partial charge in [0.15, 0.2) is 0 Å². The molecule has 1 atom stereocenters. The lowest BCUT2D eigenvalue weighted by Crippen LogP contribution is -2.17. The van der Waals surface area contributed by atoms with Crippen LogP contribution >= 0.6 is 23.1 Å². The van der Waals surface area contributed by atoms with Gasteiger partial charge in [-0.15, -0.1) is 11.3 Å². The van der Waals surface area contributed by atoms with E-state index in [9.17, 15) is 9.59 Å². The summed E-state index contributed by atoms with van der Waals surface area (Å²) in [4.78, 5) is 26.2. The number of amides is 1. The number of anilines is 1. The topological polar surface area (TPSA) is 55.4 Å². The number of hydrogen-bond acceptors (Lipinski definition) is 5. The van der Waals surface area contributed by atoms with E-state index < -0.39 is 0 Å². The molecule has 6 heteroatoms. The van der Waals surface area contributed by atoms with Crippen LogP contribution in [0.1, 0.15) is 79.6 Å². The molecule has 2 aliphatic carbocycles. The Balaban J connectivity index is 1.62. The van der Waals surface area contributed by atoms with E-state index in [0.717, 1.165) is 35.8 Å². The van der Waals surface area contributed by atoms with Crippen LogP contribution in [0.3, 0.4) is 0 Å². The number of thiophene rings is 1. The van der Waals surface area contributed by atoms with Crippen LogP contribution in [0.2, 0.25) is 0 Å². The average molecular weight is 410 g/mol. The molecule has 1 heterocycles. The molecular formula is C21H31NO3S2. The quantitative estimate of drug-likeness (QED) is 0.609. The molecule has 0 saturated heterocycles. The number of carbonyl (C=O) groups excluding carboxylic acids is 2. The molecule has 0 radical (unpaired) electrons. The molecule has 1 amide bonds. The first-order valence-corrected chi connectivity index (χ1v) is 12.2. The zero-order valence-corrected chi connectivity index (χ0v) is 18.1. The van der Waals surface area contributed by atoms with E-state index in [0.29, 0.717) is 29.5 Å². The fourth-order valence-corrected chi connectivity index (χ4v) is 6.72. The Morgan fingerprint density at radius 2 is 2.00 bits per heavy atom. The number of esters is 1. The summed E-state index contributed by atoms with van der Waals surface area (Å²) in [5.74, 6) is 1.20. The first-order chi connectivity index (χ1) is 13.1. The fraction of sp³-hybridized carbons (Fsp3) is 0.714. The third-order valence-corrected chi connectivity index (χ3v) is 8.03. The molecular weight excluding hydrogens is 378 g/mol. The minimum absolute atomic E-state index is 0.00973. The van der Waals surface area contributed by atoms with E-state index in [4.69, 9.17) is 4.74 Å². The molecule has 1 saturated carbocycles. The Labute approximate surface area is 170 Å². The molecule has 0 spiro atoms. The highest BCUT2D eigenvalue weighted by molar-refractivity contribution is 7.99. The zero-order valence-electron chi connectivity index (χ0n) is 16.5. The summed E-state index contributed by atoms with van der Waals surface area (Å²) in [7, 11) is 0. The summed E-state index contributed by atoms with van der Waals surface area (Å²) in [5, 5.41) is 4.44. The highest BCUT2D eigenvalue weighted by Crippen LogP contribution is 2.40. The van der Waals surface area contributed by atoms with Gasteiger partial charge in [0.2, 0.25) is 5.91 Å². The number of rotatable bonds is 7. The van der Waals surface area contributed by atoms with E-state index in [1.807, 2.05) is 18.7 Å². The lowest BCUT2D eigenvalue weighted by atomic mass is 9.88. The largest absolute Gasteiger partial charge is 0.462 e. The van der Waals surface area contributed by atoms with E-state index in [1.54, 1.807) is 11.3 Å². The molecule has 27 heavy (non-hydrogen) atoms. The van der Waals surface area contributed by atoms with Crippen LogP contribution in [-0.2, 0) is 22.4 Å². The van der Waals surface area contributed by atoms with Gasteiger partial charge in [0.1, 0.15) is 5.00 Å². The van der Waals surface area contributed by atoms with Gasteiger partial charge < -0.3 is 10.1 Å². The summed E-state index contributed by atoms with van der Waals surface area (Å²) in [6.45, 7) is 4.41. The van der Waals surface area contributed by atoms with Crippen molar-refractivity contribution in [1.29, 1.82) is 0 Å². The summed E-state index contributed by atoms with van der Waals surface area (Å²) in [5.41, 5.74) is 1.71. The Kier molecular flexibility index (Phi) is 7.65. The lowest BCUT2D eigenvalue weighted by Gasteiger charge is -2.20. The van der Waals surface area contributed by atoms with Crippen LogP contribution in [0.5, 0.6) is 0 Å². The van der Waals surface area contributed by atoms with Crippen molar-refractivity contribution >= 4 is 40.0 Å². The van der Waals surface area contributed by atoms with E-state index in [2.05, 4.69) is 12.2 Å². The molecule has 3 rings (SSSR count). The number of thioether (sulfide) groups is 1. The third kappa shape index (κ3) is 5.50. The molecule has 1 unspecified atom stereocenters. The number of carbonyl (C=O) groups is 2. The van der Waals surface area contributed by atoms with Crippen molar-refractivity contribution in [2.24, 2.45) is 5.92 Å². The average Bonchev–Trinajstić information content (AvgIpc) is 2.99. The number of fused-ring (bicyclic) bond motifs is 1. The van der Waals surface area contributed by atoms with Gasteiger partial charge in [0.05, 0.1) is 12.2 Å². The van der Waals surface area contributed by atoms with E-state index in [1.165, 1.54) is 37.0 Å². The zero-order chi connectivity index (χ0) is 19.2. The maximum absolute atomic E-state index is 12.5. The van der Waals surface area contributed by atoms with Crippen molar-refractivity contribution in [3.8, 4) is 0 Å². The summed E-state index contributed by atoms with van der Waals surface area (Å²) >= 11 is 3.50. The Morgan fingerprint density at radius 3 is 2.74 bits per heavy atom. The SMILES string of the molecule is CCOC(=O)c1c(NC(=O)CCSC2CCCCC2)sc2c1CCC(C)C2. The van der Waals surface area contributed by atoms with Gasteiger partial charge in [-0.05, 0) is 50.5 Å². The van der Waals surface area contributed by atoms with Crippen LogP contribution in [0.15, 0.2) is 0 Å². The standard InChI is InChI=1S/C21H31NO3S2/c1-3-25-21(24)19-16-10-9-14(2)13-17(16)27-20(19)22-18(23)11-12-26-15-7-5-4-6-8-15/h14-15H,3-13H2,1-2H3,(H,22,23). The normalized spacial score (nSPS) is 20.1. The van der Waals surface area contributed by atoms with Crippen molar-refractivity contribution in [3.05, 3.63) is 16.0 Å². The molecule has 2 aliphatic rings. The number of ether oxygens (including phenoxy) is 1. The molecule has 4 nitrogen and oxygen atoms in total. The van der Waals surface area contributed by atoms with Gasteiger partial charge in [-0.1, -0.05) is 26.2 Å². The maximum atomic E-state index is 12.5. The molecule has 1 N–H and O–H groups in total. The van der Waals surface area contributed by atoms with Crippen LogP contribution in [-0.4, -0.2) is 29.5 Å². The second kappa shape index (κ2) is 9.97. The second-order valence-electron chi connectivity index (χ2n) is 7.71. The second-order valence-corrected chi connectivity index (χ2v) is 10.2. The minimum Gasteiger partial charge on any atom is -0.462 e. The smallest absolute Gasteiger partial charge is 0.341 e. The minimum atomic E-state index is -0.295. The predicted octanol–water partition coefficient (Wildman–Crippen LogP) is 5.44. The molecule has 0 bridgehead atoms. The van der Waals surface area contributed by atoms with Crippen LogP contribution in [0, 0.1) is 5.92 Å². The molecule has 1 aromatic rings. The first-order valence-electron chi connectivity index (χ1n) is 10.3. The Hall–Kier alpha value is -1.01. The molecule has 0 aromatic carbocycles. The monoisotopic (exact) mass is 409 g/mol. The van der Waals surface area contributed by atoms with Crippen LogP contribution in [0.25, 0.3) is 0 Å². The summed E-state index contributed by atoms with van der Waals surface area (Å²) in [6.07, 6.45) is 10.1. The summed E-state index contributed by atoms with van der Waals surface area (Å²) in [6, 6.07) is 0. The number of nitrogens with one attached hydrogen (secondary N) is 1. The first kappa shape index (κ1) is 20.7. The van der Waals surface area contributed by atoms with Crippen molar-refractivity contribution in [2.75, 3.05) is 17.7 Å². The summed E-state index contributed by atoms with van der Waals surface area (Å²) < 4.78 is 5.27. The van der Waals surface area contributed by atoms with E-state index >= 15 is 0 Å². The van der Waals surface area contributed by atoms with Gasteiger partial charge >= 0.3 is 5.97 Å². The van der Waals surface area contributed by atoms with Crippen LogP contribution in [0.4, 0.5) is 5.00 Å². The van der Waals surface area contributed by atoms with Gasteiger partial charge in [0.25, 0.3) is 0 Å². The van der Waals surface area contributed by atoms with Crippen molar-refractivity contribution in [1.82, 2.24) is 0 Å². The predicted molar refractivity (Wildman–Crippen MR) is 114 cm³/mol. The molecule has 1 fully saturated rings.